The predicted molar refractivity (Wildman–Crippen MR) is 179 cm³/mol. The highest BCUT2D eigenvalue weighted by Crippen LogP contribution is 2.69. The highest BCUT2D eigenvalue weighted by molar-refractivity contribution is 5.95. The minimum absolute atomic E-state index is 0.0741. The number of esters is 1. The van der Waals surface area contributed by atoms with E-state index in [0.29, 0.717) is 60.7 Å². The van der Waals surface area contributed by atoms with Crippen LogP contribution in [0.25, 0.3) is 0 Å². The Morgan fingerprint density at radius 3 is 2.22 bits per heavy atom. The molecule has 5 aliphatic rings. The highest BCUT2D eigenvalue weighted by atomic mass is 16.7. The van der Waals surface area contributed by atoms with Crippen molar-refractivity contribution < 1.29 is 23.8 Å². The van der Waals surface area contributed by atoms with Gasteiger partial charge in [0, 0.05) is 30.7 Å². The van der Waals surface area contributed by atoms with Crippen molar-refractivity contribution in [3.63, 3.8) is 0 Å². The summed E-state index contributed by atoms with van der Waals surface area (Å²) in [6.07, 6.45) is 12.7. The number of carbonyl (C=O) groups excluding carboxylic acids is 2. The lowest BCUT2D eigenvalue weighted by atomic mass is 9.43. The molecule has 9 atom stereocenters. The number of benzene rings is 2. The van der Waals surface area contributed by atoms with Crippen LogP contribution < -0.4 is 0 Å². The first-order valence-corrected chi connectivity index (χ1v) is 18.3. The normalized spacial score (nSPS) is 36.8. The van der Waals surface area contributed by atoms with Gasteiger partial charge in [-0.25, -0.2) is 4.79 Å². The molecular weight excluding hydrogens is 572 g/mol. The average molecular weight is 627 g/mol. The maximum Gasteiger partial charge on any atom is 0.338 e. The van der Waals surface area contributed by atoms with Crippen molar-refractivity contribution in [3.05, 3.63) is 71.8 Å². The fourth-order valence-electron chi connectivity index (χ4n) is 11.5. The molecule has 1 heterocycles. The summed E-state index contributed by atoms with van der Waals surface area (Å²) in [6, 6.07) is 19.3. The van der Waals surface area contributed by atoms with Crippen molar-refractivity contribution in [2.75, 3.05) is 13.2 Å². The fraction of sp³-hybridized carbons (Fsp3) is 0.659. The van der Waals surface area contributed by atoms with Crippen LogP contribution in [0.5, 0.6) is 0 Å². The van der Waals surface area contributed by atoms with Gasteiger partial charge in [-0.15, -0.1) is 0 Å². The second-order valence-corrected chi connectivity index (χ2v) is 16.1. The summed E-state index contributed by atoms with van der Waals surface area (Å²) in [7, 11) is 0. The SMILES string of the molecule is C[C@H](CCCCC(=O)c1ccccc1)[C@H]1CCC2C3C(CC[C@@]21C)[C@@]1(C)CCC2(C[C@@H]1C[C@H]3OC(=O)c1ccccc1)OCCO2. The Balaban J connectivity index is 1.07. The summed E-state index contributed by atoms with van der Waals surface area (Å²) >= 11 is 0. The van der Waals surface area contributed by atoms with E-state index in [0.717, 1.165) is 44.1 Å². The average Bonchev–Trinajstić information content (AvgIpc) is 3.68. The summed E-state index contributed by atoms with van der Waals surface area (Å²) in [5.41, 5.74) is 1.96. The number of ether oxygens (including phenoxy) is 3. The molecule has 5 nitrogen and oxygen atoms in total. The number of unbranched alkanes of at least 4 members (excludes halogenated alkanes) is 1. The predicted octanol–water partition coefficient (Wildman–Crippen LogP) is 9.30. The second kappa shape index (κ2) is 12.8. The molecule has 0 amide bonds. The molecule has 1 aliphatic heterocycles. The van der Waals surface area contributed by atoms with Gasteiger partial charge in [0.2, 0.25) is 0 Å². The highest BCUT2D eigenvalue weighted by Gasteiger charge is 2.65. The van der Waals surface area contributed by atoms with E-state index in [-0.39, 0.29) is 28.7 Å². The Labute approximate surface area is 276 Å². The van der Waals surface area contributed by atoms with Crippen LogP contribution in [0.15, 0.2) is 60.7 Å². The summed E-state index contributed by atoms with van der Waals surface area (Å²) in [4.78, 5) is 26.3. The minimum Gasteiger partial charge on any atom is -0.458 e. The first kappa shape index (κ1) is 32.1. The van der Waals surface area contributed by atoms with E-state index >= 15 is 0 Å². The lowest BCUT2D eigenvalue weighted by molar-refractivity contribution is -0.242. The molecule has 1 saturated heterocycles. The number of fused-ring (bicyclic) bond motifs is 5. The van der Waals surface area contributed by atoms with Crippen molar-refractivity contribution in [1.82, 2.24) is 0 Å². The zero-order valence-electron chi connectivity index (χ0n) is 28.3. The van der Waals surface area contributed by atoms with Crippen LogP contribution in [0.1, 0.15) is 119 Å². The molecule has 4 saturated carbocycles. The quantitative estimate of drug-likeness (QED) is 0.158. The van der Waals surface area contributed by atoms with Crippen LogP contribution in [0, 0.1) is 46.3 Å². The standard InChI is InChI=1S/C41H54O5/c1-28(12-10-11-17-35(42)29-13-6-4-7-14-29)32-18-19-33-37-34(20-21-40(32,33)3)39(2)22-23-41(44-24-25-45-41)27-31(39)26-36(37)46-38(43)30-15-8-5-9-16-30/h4-9,13-16,28,31-34,36-37H,10-12,17-27H2,1-3H3/t28-,31+,32-,33?,34?,36-,37?,39+,40-/m1/s1. The molecule has 248 valence electrons. The number of ketones is 1. The van der Waals surface area contributed by atoms with Crippen LogP contribution in [0.3, 0.4) is 0 Å². The Morgan fingerprint density at radius 1 is 0.826 bits per heavy atom. The van der Waals surface area contributed by atoms with E-state index < -0.39 is 5.79 Å². The molecular formula is C41H54O5. The van der Waals surface area contributed by atoms with Crippen molar-refractivity contribution in [1.29, 1.82) is 0 Å². The first-order valence-electron chi connectivity index (χ1n) is 18.3. The van der Waals surface area contributed by atoms with Gasteiger partial charge in [-0.1, -0.05) is 82.1 Å². The molecule has 0 bridgehead atoms. The van der Waals surface area contributed by atoms with Crippen LogP contribution in [-0.2, 0) is 14.2 Å². The lowest BCUT2D eigenvalue weighted by Gasteiger charge is -2.63. The van der Waals surface area contributed by atoms with Gasteiger partial charge in [0.1, 0.15) is 6.10 Å². The van der Waals surface area contributed by atoms with E-state index in [1.54, 1.807) is 0 Å². The van der Waals surface area contributed by atoms with Crippen LogP contribution in [0.2, 0.25) is 0 Å². The monoisotopic (exact) mass is 626 g/mol. The number of Topliss-reactive ketones (excluding diaryl/α,β-unsaturated/α-hetero) is 1. The second-order valence-electron chi connectivity index (χ2n) is 16.1. The van der Waals surface area contributed by atoms with Gasteiger partial charge in [-0.2, -0.15) is 0 Å². The molecule has 46 heavy (non-hydrogen) atoms. The van der Waals surface area contributed by atoms with E-state index in [1.165, 1.54) is 32.1 Å². The van der Waals surface area contributed by atoms with E-state index in [1.807, 2.05) is 60.7 Å². The third kappa shape index (κ3) is 5.78. The van der Waals surface area contributed by atoms with E-state index in [2.05, 4.69) is 20.8 Å². The molecule has 0 radical (unpaired) electrons. The summed E-state index contributed by atoms with van der Waals surface area (Å²) in [5, 5.41) is 0. The smallest absolute Gasteiger partial charge is 0.338 e. The van der Waals surface area contributed by atoms with Gasteiger partial charge in [-0.05, 0) is 97.5 Å². The first-order chi connectivity index (χ1) is 22.2. The largest absolute Gasteiger partial charge is 0.458 e. The third-order valence-electron chi connectivity index (χ3n) is 13.9. The van der Waals surface area contributed by atoms with E-state index in [9.17, 15) is 9.59 Å². The van der Waals surface area contributed by atoms with Crippen LogP contribution in [-0.4, -0.2) is 36.9 Å². The molecule has 5 heteroatoms. The molecule has 0 N–H and O–H groups in total. The molecule has 2 aromatic carbocycles. The molecule has 1 spiro atoms. The zero-order chi connectivity index (χ0) is 31.9. The fourth-order valence-corrected chi connectivity index (χ4v) is 11.5. The van der Waals surface area contributed by atoms with Crippen LogP contribution in [0.4, 0.5) is 0 Å². The molecule has 0 aromatic heterocycles. The maximum atomic E-state index is 13.6. The van der Waals surface area contributed by atoms with E-state index in [4.69, 9.17) is 14.2 Å². The molecule has 4 aliphatic carbocycles. The minimum atomic E-state index is -0.437. The zero-order valence-corrected chi connectivity index (χ0v) is 28.3. The van der Waals surface area contributed by atoms with Gasteiger partial charge in [0.15, 0.2) is 11.6 Å². The third-order valence-corrected chi connectivity index (χ3v) is 13.9. The Hall–Kier alpha value is -2.50. The maximum absolute atomic E-state index is 13.6. The van der Waals surface area contributed by atoms with Gasteiger partial charge < -0.3 is 14.2 Å². The summed E-state index contributed by atoms with van der Waals surface area (Å²) in [6.45, 7) is 8.98. The van der Waals surface area contributed by atoms with Gasteiger partial charge in [0.25, 0.3) is 0 Å². The van der Waals surface area contributed by atoms with Crippen molar-refractivity contribution in [3.8, 4) is 0 Å². The Bertz CT molecular complexity index is 1370. The van der Waals surface area contributed by atoms with Crippen LogP contribution >= 0.6 is 0 Å². The summed E-state index contributed by atoms with van der Waals surface area (Å²) in [5.74, 6) is 2.89. The van der Waals surface area contributed by atoms with Crippen molar-refractivity contribution in [2.45, 2.75) is 110 Å². The summed E-state index contributed by atoms with van der Waals surface area (Å²) < 4.78 is 19.1. The number of hydrogen-bond acceptors (Lipinski definition) is 5. The van der Waals surface area contributed by atoms with Crippen molar-refractivity contribution in [2.24, 2.45) is 46.3 Å². The molecule has 3 unspecified atom stereocenters. The number of carbonyl (C=O) groups is 2. The Morgan fingerprint density at radius 2 is 1.50 bits per heavy atom. The van der Waals surface area contributed by atoms with Gasteiger partial charge in [0.05, 0.1) is 18.8 Å². The van der Waals surface area contributed by atoms with Crippen molar-refractivity contribution >= 4 is 11.8 Å². The molecule has 2 aromatic rings. The number of hydrogen-bond donors (Lipinski definition) is 0. The Kier molecular flexibility index (Phi) is 8.95. The topological polar surface area (TPSA) is 61.8 Å². The van der Waals surface area contributed by atoms with Gasteiger partial charge >= 0.3 is 5.97 Å². The van der Waals surface area contributed by atoms with Gasteiger partial charge in [-0.3, -0.25) is 4.79 Å². The molecule has 5 fully saturated rings. The lowest BCUT2D eigenvalue weighted by Crippen LogP contribution is -2.60. The number of rotatable bonds is 9. The molecule has 7 rings (SSSR count).